The van der Waals surface area contributed by atoms with E-state index in [0.717, 1.165) is 10.9 Å². The van der Waals surface area contributed by atoms with Crippen LogP contribution in [0.25, 0.3) is 11.0 Å². The summed E-state index contributed by atoms with van der Waals surface area (Å²) >= 11 is 0. The third-order valence-corrected chi connectivity index (χ3v) is 5.17. The number of aryl methyl sites for hydroxylation is 1. The zero-order chi connectivity index (χ0) is 20.4. The Morgan fingerprint density at radius 3 is 2.55 bits per heavy atom. The number of nitrogens with zero attached hydrogens (tertiary/aromatic N) is 2. The summed E-state index contributed by atoms with van der Waals surface area (Å²) in [6.45, 7) is 4.29. The Morgan fingerprint density at radius 2 is 1.83 bits per heavy atom. The first-order valence-corrected chi connectivity index (χ1v) is 9.56. The first-order chi connectivity index (χ1) is 14.0. The maximum absolute atomic E-state index is 13.2. The van der Waals surface area contributed by atoms with Crippen molar-refractivity contribution < 1.29 is 18.4 Å². The van der Waals surface area contributed by atoms with E-state index >= 15 is 0 Å². The number of fused-ring (bicyclic) bond motifs is 1. The maximum atomic E-state index is 13.2. The number of nitrogens with one attached hydrogen (secondary N) is 1. The molecular formula is C22H22FN3O3. The van der Waals surface area contributed by atoms with Crippen molar-refractivity contribution in [1.29, 1.82) is 0 Å². The smallest absolute Gasteiger partial charge is 0.289 e. The number of furan rings is 1. The molecule has 1 aromatic heterocycles. The van der Waals surface area contributed by atoms with E-state index in [1.807, 2.05) is 36.1 Å². The number of anilines is 1. The highest BCUT2D eigenvalue weighted by Crippen LogP contribution is 2.26. The Balaban J connectivity index is 1.33. The molecule has 0 spiro atoms. The van der Waals surface area contributed by atoms with Crippen molar-refractivity contribution in [3.63, 3.8) is 0 Å². The van der Waals surface area contributed by atoms with E-state index in [0.29, 0.717) is 43.2 Å². The molecule has 0 bridgehead atoms. The molecule has 4 rings (SSSR count). The Morgan fingerprint density at radius 1 is 1.07 bits per heavy atom. The zero-order valence-electron chi connectivity index (χ0n) is 16.2. The van der Waals surface area contributed by atoms with Gasteiger partial charge in [0.15, 0.2) is 5.76 Å². The SMILES string of the molecule is Cc1c(C(=O)N2CCN(CC(=O)Nc3cccc(F)c3)CC2)oc2ccccc12. The van der Waals surface area contributed by atoms with Crippen molar-refractivity contribution in [2.45, 2.75) is 6.92 Å². The molecule has 0 atom stereocenters. The lowest BCUT2D eigenvalue weighted by Crippen LogP contribution is -2.50. The van der Waals surface area contributed by atoms with E-state index in [2.05, 4.69) is 5.32 Å². The monoisotopic (exact) mass is 395 g/mol. The molecule has 0 unspecified atom stereocenters. The summed E-state index contributed by atoms with van der Waals surface area (Å²) in [5, 5.41) is 3.64. The van der Waals surface area contributed by atoms with Gasteiger partial charge in [-0.3, -0.25) is 14.5 Å². The van der Waals surface area contributed by atoms with Crippen LogP contribution in [0.1, 0.15) is 16.1 Å². The van der Waals surface area contributed by atoms with Gasteiger partial charge < -0.3 is 14.6 Å². The summed E-state index contributed by atoms with van der Waals surface area (Å²) in [5.74, 6) is -0.342. The third kappa shape index (κ3) is 4.14. The van der Waals surface area contributed by atoms with Crippen molar-refractivity contribution in [2.75, 3.05) is 38.0 Å². The summed E-state index contributed by atoms with van der Waals surface area (Å²) in [6, 6.07) is 13.4. The number of rotatable bonds is 4. The van der Waals surface area contributed by atoms with Gasteiger partial charge in [-0.1, -0.05) is 24.3 Å². The van der Waals surface area contributed by atoms with Crippen LogP contribution in [-0.2, 0) is 4.79 Å². The van der Waals surface area contributed by atoms with Crippen LogP contribution in [-0.4, -0.2) is 54.3 Å². The Hall–Kier alpha value is -3.19. The van der Waals surface area contributed by atoms with Crippen LogP contribution < -0.4 is 5.32 Å². The van der Waals surface area contributed by atoms with Crippen LogP contribution >= 0.6 is 0 Å². The van der Waals surface area contributed by atoms with Crippen molar-refractivity contribution in [1.82, 2.24) is 9.80 Å². The van der Waals surface area contributed by atoms with Crippen molar-refractivity contribution in [2.24, 2.45) is 0 Å². The molecule has 1 N–H and O–H groups in total. The molecule has 0 radical (unpaired) electrons. The standard InChI is InChI=1S/C22H22FN3O3/c1-15-18-7-2-3-8-19(18)29-21(15)22(28)26-11-9-25(10-12-26)14-20(27)24-17-6-4-5-16(23)13-17/h2-8,13H,9-12,14H2,1H3,(H,24,27). The fraction of sp³-hybridized carbons (Fsp3) is 0.273. The Labute approximate surface area is 167 Å². The molecule has 2 aromatic carbocycles. The Kier molecular flexibility index (Phi) is 5.31. The number of hydrogen-bond donors (Lipinski definition) is 1. The summed E-state index contributed by atoms with van der Waals surface area (Å²) in [4.78, 5) is 28.8. The highest BCUT2D eigenvalue weighted by atomic mass is 19.1. The predicted molar refractivity (Wildman–Crippen MR) is 108 cm³/mol. The molecule has 3 aromatic rings. The lowest BCUT2D eigenvalue weighted by molar-refractivity contribution is -0.117. The van der Waals surface area contributed by atoms with Crippen molar-refractivity contribution >= 4 is 28.5 Å². The second kappa shape index (κ2) is 8.05. The van der Waals surface area contributed by atoms with Crippen LogP contribution in [0.3, 0.4) is 0 Å². The van der Waals surface area contributed by atoms with Gasteiger partial charge in [0.05, 0.1) is 6.54 Å². The lowest BCUT2D eigenvalue weighted by atomic mass is 10.1. The number of hydrogen-bond acceptors (Lipinski definition) is 4. The molecule has 0 aliphatic carbocycles. The van der Waals surface area contributed by atoms with Gasteiger partial charge in [0.1, 0.15) is 11.4 Å². The molecule has 1 fully saturated rings. The second-order valence-electron chi connectivity index (χ2n) is 7.18. The van der Waals surface area contributed by atoms with Gasteiger partial charge in [0, 0.05) is 42.8 Å². The van der Waals surface area contributed by atoms with Gasteiger partial charge in [0.2, 0.25) is 5.91 Å². The first kappa shape index (κ1) is 19.1. The number of benzene rings is 2. The molecule has 1 aliphatic heterocycles. The molecule has 150 valence electrons. The number of para-hydroxylation sites is 1. The molecule has 2 amide bonds. The van der Waals surface area contributed by atoms with Gasteiger partial charge >= 0.3 is 0 Å². The average molecular weight is 395 g/mol. The van der Waals surface area contributed by atoms with Crippen molar-refractivity contribution in [3.8, 4) is 0 Å². The molecule has 1 aliphatic rings. The summed E-state index contributed by atoms with van der Waals surface area (Å²) in [7, 11) is 0. The van der Waals surface area contributed by atoms with Gasteiger partial charge in [-0.2, -0.15) is 0 Å². The molecule has 1 saturated heterocycles. The van der Waals surface area contributed by atoms with Crippen LogP contribution in [0.4, 0.5) is 10.1 Å². The summed E-state index contributed by atoms with van der Waals surface area (Å²) in [5.41, 5.74) is 1.99. The van der Waals surface area contributed by atoms with Crippen molar-refractivity contribution in [3.05, 3.63) is 65.7 Å². The van der Waals surface area contributed by atoms with E-state index in [-0.39, 0.29) is 18.4 Å². The van der Waals surface area contributed by atoms with Crippen LogP contribution in [0.2, 0.25) is 0 Å². The minimum atomic E-state index is -0.393. The topological polar surface area (TPSA) is 65.8 Å². The average Bonchev–Trinajstić information content (AvgIpc) is 3.05. The molecule has 7 heteroatoms. The Bertz CT molecular complexity index is 1050. The van der Waals surface area contributed by atoms with Gasteiger partial charge in [-0.05, 0) is 31.2 Å². The van der Waals surface area contributed by atoms with E-state index in [9.17, 15) is 14.0 Å². The third-order valence-electron chi connectivity index (χ3n) is 5.17. The molecular weight excluding hydrogens is 373 g/mol. The minimum Gasteiger partial charge on any atom is -0.451 e. The minimum absolute atomic E-state index is 0.123. The van der Waals surface area contributed by atoms with Crippen LogP contribution in [0.5, 0.6) is 0 Å². The number of halogens is 1. The summed E-state index contributed by atoms with van der Waals surface area (Å²) in [6.07, 6.45) is 0. The first-order valence-electron chi connectivity index (χ1n) is 9.56. The largest absolute Gasteiger partial charge is 0.451 e. The van der Waals surface area contributed by atoms with E-state index in [1.165, 1.54) is 12.1 Å². The summed E-state index contributed by atoms with van der Waals surface area (Å²) < 4.78 is 19.0. The number of piperazine rings is 1. The number of amides is 2. The fourth-order valence-electron chi connectivity index (χ4n) is 3.60. The predicted octanol–water partition coefficient (Wildman–Crippen LogP) is 3.28. The highest BCUT2D eigenvalue weighted by Gasteiger charge is 2.27. The molecule has 29 heavy (non-hydrogen) atoms. The normalized spacial score (nSPS) is 14.9. The van der Waals surface area contributed by atoms with E-state index < -0.39 is 5.82 Å². The fourth-order valence-corrected chi connectivity index (χ4v) is 3.60. The quantitative estimate of drug-likeness (QED) is 0.736. The van der Waals surface area contributed by atoms with Crippen LogP contribution in [0, 0.1) is 12.7 Å². The van der Waals surface area contributed by atoms with Gasteiger partial charge in [-0.25, -0.2) is 4.39 Å². The molecule has 6 nitrogen and oxygen atoms in total. The maximum Gasteiger partial charge on any atom is 0.289 e. The lowest BCUT2D eigenvalue weighted by Gasteiger charge is -2.33. The van der Waals surface area contributed by atoms with E-state index in [1.54, 1.807) is 17.0 Å². The number of carbonyl (C=O) groups excluding carboxylic acids is 2. The highest BCUT2D eigenvalue weighted by molar-refractivity contribution is 5.99. The van der Waals surface area contributed by atoms with Crippen LogP contribution in [0.15, 0.2) is 52.9 Å². The van der Waals surface area contributed by atoms with Gasteiger partial charge in [-0.15, -0.1) is 0 Å². The molecule has 0 saturated carbocycles. The van der Waals surface area contributed by atoms with E-state index in [4.69, 9.17) is 4.42 Å². The zero-order valence-corrected chi connectivity index (χ0v) is 16.2. The van der Waals surface area contributed by atoms with Gasteiger partial charge in [0.25, 0.3) is 5.91 Å². The second-order valence-corrected chi connectivity index (χ2v) is 7.18. The molecule has 2 heterocycles. The number of carbonyl (C=O) groups is 2.